The molecule has 4 heterocycles. The summed E-state index contributed by atoms with van der Waals surface area (Å²) in [6.45, 7) is 39.6. The Labute approximate surface area is 561 Å². The van der Waals surface area contributed by atoms with Gasteiger partial charge in [-0.25, -0.2) is 0 Å². The number of carbonyl (C=O) groups excluding carboxylic acids is 1. The molecule has 4 aromatic carbocycles. The maximum absolute atomic E-state index is 12.5. The van der Waals surface area contributed by atoms with E-state index in [1.54, 1.807) is 4.90 Å². The molecular formula is C74H111N19O. The Hall–Kier alpha value is -8.47. The third kappa shape index (κ3) is 23.2. The van der Waals surface area contributed by atoms with Crippen LogP contribution in [-0.2, 0) is 26.1 Å². The van der Waals surface area contributed by atoms with Crippen molar-refractivity contribution in [2.45, 2.75) is 80.9 Å². The summed E-state index contributed by atoms with van der Waals surface area (Å²) in [6.07, 6.45) is 9.50. The smallest absolute Gasteiger partial charge is 0.253 e. The molecule has 0 aliphatic heterocycles. The molecule has 20 nitrogen and oxygen atoms in total. The van der Waals surface area contributed by atoms with E-state index in [0.29, 0.717) is 43.6 Å². The molecule has 1 unspecified atom stereocenters. The molecule has 0 saturated carbocycles. The average molecular weight is 1280 g/mol. The first-order valence-electron chi connectivity index (χ1n) is 33.1. The van der Waals surface area contributed by atoms with Crippen molar-refractivity contribution in [3.05, 3.63) is 186 Å². The zero-order chi connectivity index (χ0) is 68.7. The second kappa shape index (κ2) is 39.9. The summed E-state index contributed by atoms with van der Waals surface area (Å²) in [7, 11) is 10.1. The highest BCUT2D eigenvalue weighted by molar-refractivity contribution is 5.94. The summed E-state index contributed by atoms with van der Waals surface area (Å²) in [4.78, 5) is 25.2. The largest absolute Gasteiger partial charge is 0.385 e. The van der Waals surface area contributed by atoms with Crippen molar-refractivity contribution in [3.63, 3.8) is 0 Å². The topological polar surface area (TPSA) is 267 Å². The summed E-state index contributed by atoms with van der Waals surface area (Å²) >= 11 is 0. The normalized spacial score (nSPS) is 11.4. The lowest BCUT2D eigenvalue weighted by molar-refractivity contribution is 0.0779. The zero-order valence-corrected chi connectivity index (χ0v) is 58.5. The number of nitrogens with one attached hydrogen (secondary N) is 5. The SMILES string of the molecule is C=C(NCC)c1ccc(-c2[nH]ncc2CN(C)CCN)cc1.C=C(c1ccc(-c2[nH]ncc2CN(C)CCN)cc1)N(C)CC.C=C(c1ccc(-c2[nH]ncc2CN(C)CCN)cc1)N(CC)CC.CC(C)CN(C)C(=O)c1ccc(-c2[nH]ncc2CC(C)CCN)cc1. The number of amides is 1. The van der Waals surface area contributed by atoms with Crippen LogP contribution in [0.2, 0.25) is 0 Å². The second-order valence-electron chi connectivity index (χ2n) is 24.5. The number of likely N-dealkylation sites (N-methyl/N-ethyl adjacent to an activating group) is 3. The zero-order valence-electron chi connectivity index (χ0n) is 58.5. The number of rotatable bonds is 33. The van der Waals surface area contributed by atoms with Crippen molar-refractivity contribution < 1.29 is 4.79 Å². The Balaban J connectivity index is 0.000000227. The molecule has 0 fully saturated rings. The van der Waals surface area contributed by atoms with Crippen LogP contribution < -0.4 is 28.3 Å². The van der Waals surface area contributed by atoms with Gasteiger partial charge >= 0.3 is 0 Å². The fourth-order valence-corrected chi connectivity index (χ4v) is 10.9. The third-order valence-corrected chi connectivity index (χ3v) is 16.4. The minimum Gasteiger partial charge on any atom is -0.385 e. The van der Waals surface area contributed by atoms with E-state index < -0.39 is 0 Å². The van der Waals surface area contributed by atoms with Gasteiger partial charge < -0.3 is 57.7 Å². The quantitative estimate of drug-likeness (QED) is 0.0185. The number of aromatic nitrogens is 8. The molecule has 8 rings (SSSR count). The molecule has 4 aromatic heterocycles. The number of hydrogen-bond donors (Lipinski definition) is 9. The Kier molecular flexibility index (Phi) is 32.4. The molecule has 508 valence electrons. The van der Waals surface area contributed by atoms with Gasteiger partial charge in [0.05, 0.1) is 47.6 Å². The summed E-state index contributed by atoms with van der Waals surface area (Å²) in [5, 5.41) is 32.5. The molecule has 1 atom stereocenters. The minimum absolute atomic E-state index is 0.0571. The van der Waals surface area contributed by atoms with Crippen LogP contribution in [0.5, 0.6) is 0 Å². The lowest BCUT2D eigenvalue weighted by atomic mass is 9.96. The van der Waals surface area contributed by atoms with E-state index in [2.05, 4.69) is 240 Å². The monoisotopic (exact) mass is 1280 g/mol. The first-order chi connectivity index (χ1) is 45.2. The van der Waals surface area contributed by atoms with E-state index in [1.807, 2.05) is 56.1 Å². The predicted octanol–water partition coefficient (Wildman–Crippen LogP) is 10.5. The molecular weight excluding hydrogens is 1170 g/mol. The molecule has 94 heavy (non-hydrogen) atoms. The Bertz CT molecular complexity index is 3460. The van der Waals surface area contributed by atoms with E-state index in [0.717, 1.165) is 164 Å². The summed E-state index contributed by atoms with van der Waals surface area (Å²) in [5.74, 6) is 1.03. The molecule has 0 spiro atoms. The van der Waals surface area contributed by atoms with Gasteiger partial charge in [0, 0.05) is 145 Å². The molecule has 0 radical (unpaired) electrons. The third-order valence-electron chi connectivity index (χ3n) is 16.4. The minimum atomic E-state index is 0.0571. The van der Waals surface area contributed by atoms with Crippen molar-refractivity contribution >= 4 is 23.0 Å². The van der Waals surface area contributed by atoms with Gasteiger partial charge in [-0.05, 0) is 137 Å². The highest BCUT2D eigenvalue weighted by Gasteiger charge is 2.18. The van der Waals surface area contributed by atoms with Crippen LogP contribution in [0.4, 0.5) is 0 Å². The van der Waals surface area contributed by atoms with Gasteiger partial charge in [-0.15, -0.1) is 0 Å². The van der Waals surface area contributed by atoms with E-state index >= 15 is 0 Å². The van der Waals surface area contributed by atoms with Gasteiger partial charge in [-0.3, -0.25) is 25.2 Å². The highest BCUT2D eigenvalue weighted by Crippen LogP contribution is 2.29. The molecule has 20 heteroatoms. The molecule has 0 bridgehead atoms. The van der Waals surface area contributed by atoms with Crippen LogP contribution in [0.3, 0.4) is 0 Å². The van der Waals surface area contributed by atoms with E-state index in [9.17, 15) is 4.79 Å². The molecule has 0 saturated heterocycles. The van der Waals surface area contributed by atoms with Gasteiger partial charge in [-0.2, -0.15) is 20.4 Å². The van der Waals surface area contributed by atoms with Crippen LogP contribution in [0.25, 0.3) is 62.1 Å². The van der Waals surface area contributed by atoms with Gasteiger partial charge in [0.2, 0.25) is 0 Å². The average Bonchev–Trinajstić information content (AvgIpc) is 1.96. The van der Waals surface area contributed by atoms with Crippen LogP contribution in [0.15, 0.2) is 142 Å². The van der Waals surface area contributed by atoms with Gasteiger partial charge in [0.25, 0.3) is 5.91 Å². The van der Waals surface area contributed by atoms with Gasteiger partial charge in [0.15, 0.2) is 0 Å². The number of H-pyrrole nitrogens is 4. The lowest BCUT2D eigenvalue weighted by Crippen LogP contribution is -2.30. The van der Waals surface area contributed by atoms with Crippen LogP contribution >= 0.6 is 0 Å². The summed E-state index contributed by atoms with van der Waals surface area (Å²) in [6, 6.07) is 33.1. The Morgan fingerprint density at radius 1 is 0.468 bits per heavy atom. The molecule has 1 amide bonds. The van der Waals surface area contributed by atoms with Crippen LogP contribution in [0, 0.1) is 11.8 Å². The van der Waals surface area contributed by atoms with Crippen LogP contribution in [-0.4, -0.2) is 190 Å². The molecule has 13 N–H and O–H groups in total. The summed E-state index contributed by atoms with van der Waals surface area (Å²) in [5.41, 5.74) is 43.0. The second-order valence-corrected chi connectivity index (χ2v) is 24.5. The Morgan fingerprint density at radius 3 is 1.16 bits per heavy atom. The Morgan fingerprint density at radius 2 is 0.819 bits per heavy atom. The number of nitrogens with two attached hydrogens (primary N) is 4. The predicted molar refractivity (Wildman–Crippen MR) is 393 cm³/mol. The number of benzene rings is 4. The first-order valence-corrected chi connectivity index (χ1v) is 33.1. The van der Waals surface area contributed by atoms with E-state index in [4.69, 9.17) is 22.9 Å². The fraction of sp³-hybridized carbons (Fsp3) is 0.419. The fourth-order valence-electron chi connectivity index (χ4n) is 10.9. The number of nitrogens with zero attached hydrogens (tertiary/aromatic N) is 10. The van der Waals surface area contributed by atoms with Crippen molar-refractivity contribution in [1.82, 2.24) is 75.5 Å². The molecule has 0 aliphatic carbocycles. The number of hydrogen-bond acceptors (Lipinski definition) is 15. The summed E-state index contributed by atoms with van der Waals surface area (Å²) < 4.78 is 0. The molecule has 0 aliphatic rings. The van der Waals surface area contributed by atoms with E-state index in [-0.39, 0.29) is 5.91 Å². The van der Waals surface area contributed by atoms with Gasteiger partial charge in [0.1, 0.15) is 0 Å². The number of aromatic amines is 4. The van der Waals surface area contributed by atoms with Crippen molar-refractivity contribution in [2.75, 3.05) is 114 Å². The number of carbonyl (C=O) groups is 1. The highest BCUT2D eigenvalue weighted by atomic mass is 16.2. The maximum Gasteiger partial charge on any atom is 0.253 e. The molecule has 8 aromatic rings. The van der Waals surface area contributed by atoms with Crippen molar-refractivity contribution in [1.29, 1.82) is 0 Å². The van der Waals surface area contributed by atoms with Crippen molar-refractivity contribution in [2.24, 2.45) is 34.8 Å². The lowest BCUT2D eigenvalue weighted by Gasteiger charge is -2.23. The van der Waals surface area contributed by atoms with Crippen molar-refractivity contribution in [3.8, 4) is 45.0 Å². The maximum atomic E-state index is 12.5. The standard InChI is InChI=1S/C20H30N4O.C19H29N5.C18H27N5.C17H25N5/c1-14(2)13-24(4)20(25)17-7-5-16(6-8-17)19-18(12-22-23-19)11-15(3)9-10-21;1-5-24(6-2)15(3)16-7-9-17(10-8-16)19-18(13-21-22-19)14-23(4)12-11-20;1-5-23(4)14(2)15-6-8-16(9-7-15)18-17(12-20-21-18)13-22(3)11-10-19;1-4-19-13(2)14-5-7-15(8-6-14)17-16(11-20-21-17)12-22(3)10-9-18/h5-8,12,14-15H,9-11,13,21H2,1-4H3,(H,22,23);7-10,13H,3,5-6,11-12,14,20H2,1-2,4H3,(H,21,22);6-9,12H,2,5,10-11,13,19H2,1,3-4H3,(H,20,21);5-8,11,19H,2,4,9-10,12,18H2,1,3H3,(H,20,21). The van der Waals surface area contributed by atoms with Gasteiger partial charge in [-0.1, -0.05) is 125 Å². The first kappa shape index (κ1) is 76.2. The van der Waals surface area contributed by atoms with E-state index in [1.165, 1.54) is 22.3 Å². The van der Waals surface area contributed by atoms with Crippen LogP contribution in [0.1, 0.15) is 104 Å².